The highest BCUT2D eigenvalue weighted by molar-refractivity contribution is 7.81. The molecular formula is C18H15NO5S. The summed E-state index contributed by atoms with van der Waals surface area (Å²) in [5.74, 6) is -0.580. The second-order valence-electron chi connectivity index (χ2n) is 5.30. The summed E-state index contributed by atoms with van der Waals surface area (Å²) in [6, 6.07) is 18.4. The van der Waals surface area contributed by atoms with Crippen molar-refractivity contribution in [2.24, 2.45) is 0 Å². The van der Waals surface area contributed by atoms with Gasteiger partial charge in [0, 0.05) is 17.3 Å². The number of hydrogen-bond acceptors (Lipinski definition) is 5. The second-order valence-corrected chi connectivity index (χ2v) is 6.32. The highest BCUT2D eigenvalue weighted by Gasteiger charge is 2.25. The van der Waals surface area contributed by atoms with Gasteiger partial charge in [0.25, 0.3) is 0 Å². The monoisotopic (exact) mass is 357 g/mol. The summed E-state index contributed by atoms with van der Waals surface area (Å²) in [5, 5.41) is 10.3. The van der Waals surface area contributed by atoms with Crippen molar-refractivity contribution in [3.05, 3.63) is 89.7 Å². The van der Waals surface area contributed by atoms with E-state index in [1.807, 2.05) is 0 Å². The number of para-hydroxylation sites is 2. The molecule has 1 unspecified atom stereocenters. The number of benzene rings is 2. The summed E-state index contributed by atoms with van der Waals surface area (Å²) in [4.78, 5) is 4.33. The van der Waals surface area contributed by atoms with Crippen molar-refractivity contribution < 1.29 is 22.3 Å². The van der Waals surface area contributed by atoms with Gasteiger partial charge >= 0.3 is 10.4 Å². The fourth-order valence-electron chi connectivity index (χ4n) is 2.67. The van der Waals surface area contributed by atoms with Gasteiger partial charge in [0.15, 0.2) is 0 Å². The summed E-state index contributed by atoms with van der Waals surface area (Å²) in [5.41, 5.74) is 1.57. The van der Waals surface area contributed by atoms with Crippen LogP contribution in [0, 0.1) is 0 Å². The zero-order valence-corrected chi connectivity index (χ0v) is 13.8. The van der Waals surface area contributed by atoms with Gasteiger partial charge in [-0.2, -0.15) is 8.42 Å². The summed E-state index contributed by atoms with van der Waals surface area (Å²) in [7, 11) is -4.69. The third-order valence-corrected chi connectivity index (χ3v) is 4.05. The molecule has 6 nitrogen and oxygen atoms in total. The molecule has 0 saturated heterocycles. The molecule has 0 bridgehead atoms. The molecule has 0 fully saturated rings. The van der Waals surface area contributed by atoms with Crippen LogP contribution in [0.15, 0.2) is 72.9 Å². The number of hydrogen-bond donors (Lipinski definition) is 2. The van der Waals surface area contributed by atoms with Crippen molar-refractivity contribution >= 4 is 10.4 Å². The van der Waals surface area contributed by atoms with E-state index >= 15 is 0 Å². The molecule has 25 heavy (non-hydrogen) atoms. The Bertz CT molecular complexity index is 974. The van der Waals surface area contributed by atoms with Crippen LogP contribution < -0.4 is 4.18 Å². The van der Waals surface area contributed by atoms with E-state index in [1.165, 1.54) is 12.1 Å². The van der Waals surface area contributed by atoms with E-state index < -0.39 is 16.3 Å². The molecule has 1 heterocycles. The van der Waals surface area contributed by atoms with Crippen molar-refractivity contribution in [3.8, 4) is 11.5 Å². The zero-order valence-electron chi connectivity index (χ0n) is 13.0. The van der Waals surface area contributed by atoms with Crippen LogP contribution >= 0.6 is 0 Å². The largest absolute Gasteiger partial charge is 0.508 e. The normalized spacial score (nSPS) is 12.5. The Hall–Kier alpha value is -2.90. The Kier molecular flexibility index (Phi) is 4.69. The standard InChI is InChI=1S/C18H15NO5S/c20-16-10-3-1-7-13(16)18(15-9-5-6-12-19-15)14-8-2-4-11-17(14)24-25(21,22)23/h1-12,18,20H,(H,21,22,23). The van der Waals surface area contributed by atoms with Crippen LogP contribution in [0.3, 0.4) is 0 Å². The van der Waals surface area contributed by atoms with Crippen molar-refractivity contribution in [1.29, 1.82) is 0 Å². The Balaban J connectivity index is 2.22. The average Bonchev–Trinajstić information content (AvgIpc) is 2.58. The first kappa shape index (κ1) is 16.9. The molecule has 2 aromatic carbocycles. The smallest absolute Gasteiger partial charge is 0.446 e. The first-order valence-electron chi connectivity index (χ1n) is 7.40. The Labute approximate surface area is 145 Å². The first-order valence-corrected chi connectivity index (χ1v) is 8.77. The van der Waals surface area contributed by atoms with E-state index in [1.54, 1.807) is 60.8 Å². The molecule has 0 radical (unpaired) electrons. The van der Waals surface area contributed by atoms with E-state index in [4.69, 9.17) is 8.74 Å². The number of pyridine rings is 1. The van der Waals surface area contributed by atoms with E-state index in [-0.39, 0.29) is 11.5 Å². The molecule has 0 amide bonds. The van der Waals surface area contributed by atoms with E-state index in [0.717, 1.165) is 0 Å². The molecule has 0 spiro atoms. The minimum atomic E-state index is -4.69. The first-order chi connectivity index (χ1) is 12.0. The third kappa shape index (κ3) is 3.96. The summed E-state index contributed by atoms with van der Waals surface area (Å²) < 4.78 is 36.1. The lowest BCUT2D eigenvalue weighted by atomic mass is 9.87. The average molecular weight is 357 g/mol. The molecule has 0 aliphatic carbocycles. The lowest BCUT2D eigenvalue weighted by Crippen LogP contribution is -2.12. The number of phenolic OH excluding ortho intramolecular Hbond substituents is 1. The SMILES string of the molecule is O=S(=O)(O)Oc1ccccc1C(c1ccccn1)c1ccccc1O. The Morgan fingerprint density at radius 3 is 2.16 bits per heavy atom. The summed E-state index contributed by atoms with van der Waals surface area (Å²) >= 11 is 0. The fraction of sp³-hybridized carbons (Fsp3) is 0.0556. The maximum Gasteiger partial charge on any atom is 0.446 e. The van der Waals surface area contributed by atoms with Crippen LogP contribution in [0.2, 0.25) is 0 Å². The van der Waals surface area contributed by atoms with Crippen molar-refractivity contribution in [2.45, 2.75) is 5.92 Å². The lowest BCUT2D eigenvalue weighted by Gasteiger charge is -2.20. The number of nitrogens with zero attached hydrogens (tertiary/aromatic N) is 1. The molecule has 0 saturated carbocycles. The van der Waals surface area contributed by atoms with Gasteiger partial charge < -0.3 is 9.29 Å². The van der Waals surface area contributed by atoms with Gasteiger partial charge in [0.05, 0.1) is 11.6 Å². The maximum atomic E-state index is 11.2. The van der Waals surface area contributed by atoms with Crippen LogP contribution in [0.4, 0.5) is 0 Å². The maximum absolute atomic E-state index is 11.2. The van der Waals surface area contributed by atoms with Gasteiger partial charge in [-0.05, 0) is 24.3 Å². The molecule has 0 aliphatic rings. The van der Waals surface area contributed by atoms with Crippen LogP contribution in [-0.4, -0.2) is 23.1 Å². The predicted octanol–water partition coefficient (Wildman–Crippen LogP) is 3.15. The third-order valence-electron chi connectivity index (χ3n) is 3.66. The quantitative estimate of drug-likeness (QED) is 0.681. The topological polar surface area (TPSA) is 96.7 Å². The van der Waals surface area contributed by atoms with Gasteiger partial charge in [0.2, 0.25) is 0 Å². The summed E-state index contributed by atoms with van der Waals surface area (Å²) in [6.45, 7) is 0. The van der Waals surface area contributed by atoms with Gasteiger partial charge in [0.1, 0.15) is 11.5 Å². The second kappa shape index (κ2) is 6.92. The molecule has 0 aliphatic heterocycles. The highest BCUT2D eigenvalue weighted by atomic mass is 32.3. The highest BCUT2D eigenvalue weighted by Crippen LogP contribution is 2.39. The Morgan fingerprint density at radius 2 is 1.52 bits per heavy atom. The molecule has 7 heteroatoms. The van der Waals surface area contributed by atoms with Crippen LogP contribution in [0.25, 0.3) is 0 Å². The van der Waals surface area contributed by atoms with E-state index in [0.29, 0.717) is 16.8 Å². The van der Waals surface area contributed by atoms with Crippen LogP contribution in [0.5, 0.6) is 11.5 Å². The van der Waals surface area contributed by atoms with Crippen LogP contribution in [0.1, 0.15) is 22.7 Å². The molecule has 1 aromatic heterocycles. The predicted molar refractivity (Wildman–Crippen MR) is 91.9 cm³/mol. The number of rotatable bonds is 5. The zero-order chi connectivity index (χ0) is 17.9. The minimum Gasteiger partial charge on any atom is -0.508 e. The molecule has 128 valence electrons. The summed E-state index contributed by atoms with van der Waals surface area (Å²) in [6.07, 6.45) is 1.61. The van der Waals surface area contributed by atoms with Gasteiger partial charge in [-0.3, -0.25) is 9.54 Å². The fourth-order valence-corrected chi connectivity index (χ4v) is 3.05. The lowest BCUT2D eigenvalue weighted by molar-refractivity contribution is 0.384. The molecular weight excluding hydrogens is 342 g/mol. The molecule has 3 aromatic rings. The van der Waals surface area contributed by atoms with E-state index in [2.05, 4.69) is 4.98 Å². The van der Waals surface area contributed by atoms with Crippen molar-refractivity contribution in [3.63, 3.8) is 0 Å². The van der Waals surface area contributed by atoms with Crippen molar-refractivity contribution in [2.75, 3.05) is 0 Å². The Morgan fingerprint density at radius 1 is 0.880 bits per heavy atom. The van der Waals surface area contributed by atoms with Gasteiger partial charge in [-0.25, -0.2) is 0 Å². The van der Waals surface area contributed by atoms with Crippen molar-refractivity contribution in [1.82, 2.24) is 4.98 Å². The van der Waals surface area contributed by atoms with Crippen LogP contribution in [-0.2, 0) is 10.4 Å². The number of phenols is 1. The number of aromatic nitrogens is 1. The van der Waals surface area contributed by atoms with Gasteiger partial charge in [-0.15, -0.1) is 0 Å². The number of aromatic hydroxyl groups is 1. The molecule has 2 N–H and O–H groups in total. The molecule has 1 atom stereocenters. The minimum absolute atomic E-state index is 0.0380. The van der Waals surface area contributed by atoms with Gasteiger partial charge in [-0.1, -0.05) is 42.5 Å². The molecule has 3 rings (SSSR count). The van der Waals surface area contributed by atoms with E-state index in [9.17, 15) is 13.5 Å².